The van der Waals surface area contributed by atoms with Crippen molar-refractivity contribution in [2.24, 2.45) is 7.05 Å². The lowest BCUT2D eigenvalue weighted by Crippen LogP contribution is -2.31. The molecule has 0 saturated heterocycles. The Labute approximate surface area is 59.2 Å². The SMILES string of the molecule is Cc1ccc(O)c(O)[n+]1C. The molecule has 0 bridgehead atoms. The van der Waals surface area contributed by atoms with Crippen molar-refractivity contribution in [1.82, 2.24) is 0 Å². The van der Waals surface area contributed by atoms with E-state index in [-0.39, 0.29) is 11.6 Å². The summed E-state index contributed by atoms with van der Waals surface area (Å²) < 4.78 is 1.51. The van der Waals surface area contributed by atoms with Gasteiger partial charge in [0.1, 0.15) is 7.05 Å². The highest BCUT2D eigenvalue weighted by Gasteiger charge is 2.11. The number of aromatic hydroxyl groups is 2. The first-order valence-corrected chi connectivity index (χ1v) is 3.00. The Morgan fingerprint density at radius 2 is 1.90 bits per heavy atom. The highest BCUT2D eigenvalue weighted by atomic mass is 16.3. The highest BCUT2D eigenvalue weighted by molar-refractivity contribution is 5.26. The summed E-state index contributed by atoms with van der Waals surface area (Å²) in [5.41, 5.74) is 0.898. The number of nitrogens with zero attached hydrogens (tertiary/aromatic N) is 1. The smallest absolute Gasteiger partial charge is 0.408 e. The van der Waals surface area contributed by atoms with Gasteiger partial charge in [0.25, 0.3) is 0 Å². The van der Waals surface area contributed by atoms with Gasteiger partial charge in [-0.25, -0.2) is 0 Å². The molecule has 0 atom stereocenters. The van der Waals surface area contributed by atoms with E-state index in [1.807, 2.05) is 6.92 Å². The number of aryl methyl sites for hydroxylation is 1. The summed E-state index contributed by atoms with van der Waals surface area (Å²) in [5, 5.41) is 18.1. The van der Waals surface area contributed by atoms with Gasteiger partial charge >= 0.3 is 5.88 Å². The van der Waals surface area contributed by atoms with Crippen molar-refractivity contribution in [2.45, 2.75) is 6.92 Å². The van der Waals surface area contributed by atoms with E-state index in [9.17, 15) is 0 Å². The zero-order valence-electron chi connectivity index (χ0n) is 6.00. The fraction of sp³-hybridized carbons (Fsp3) is 0.286. The first-order valence-electron chi connectivity index (χ1n) is 3.00. The molecule has 0 aliphatic heterocycles. The maximum atomic E-state index is 9.10. The zero-order chi connectivity index (χ0) is 7.72. The third kappa shape index (κ3) is 0.900. The Kier molecular flexibility index (Phi) is 1.49. The van der Waals surface area contributed by atoms with E-state index >= 15 is 0 Å². The molecule has 0 radical (unpaired) electrons. The van der Waals surface area contributed by atoms with E-state index < -0.39 is 0 Å². The van der Waals surface area contributed by atoms with Crippen LogP contribution in [0.2, 0.25) is 0 Å². The first kappa shape index (κ1) is 6.86. The van der Waals surface area contributed by atoms with Crippen molar-refractivity contribution < 1.29 is 14.8 Å². The molecule has 0 spiro atoms. The summed E-state index contributed by atoms with van der Waals surface area (Å²) in [6, 6.07) is 3.19. The lowest BCUT2D eigenvalue weighted by molar-refractivity contribution is -0.684. The van der Waals surface area contributed by atoms with Gasteiger partial charge < -0.3 is 10.2 Å². The molecule has 0 aromatic carbocycles. The third-order valence-electron chi connectivity index (χ3n) is 1.56. The van der Waals surface area contributed by atoms with Crippen LogP contribution in [0.25, 0.3) is 0 Å². The molecule has 0 unspecified atom stereocenters. The van der Waals surface area contributed by atoms with Crippen LogP contribution in [-0.2, 0) is 7.05 Å². The Balaban J connectivity index is 3.34. The summed E-state index contributed by atoms with van der Waals surface area (Å²) in [7, 11) is 1.68. The van der Waals surface area contributed by atoms with Crippen LogP contribution in [0, 0.1) is 6.92 Å². The molecule has 0 amide bonds. The molecule has 1 rings (SSSR count). The highest BCUT2D eigenvalue weighted by Crippen LogP contribution is 2.17. The van der Waals surface area contributed by atoms with E-state index in [0.717, 1.165) is 5.69 Å². The van der Waals surface area contributed by atoms with Crippen molar-refractivity contribution in [3.63, 3.8) is 0 Å². The molecule has 0 aliphatic carbocycles. The summed E-state index contributed by atoms with van der Waals surface area (Å²) in [5.74, 6) is -0.187. The van der Waals surface area contributed by atoms with Crippen LogP contribution in [0.5, 0.6) is 11.6 Å². The maximum absolute atomic E-state index is 9.10. The number of rotatable bonds is 0. The third-order valence-corrected chi connectivity index (χ3v) is 1.56. The van der Waals surface area contributed by atoms with Gasteiger partial charge in [-0.15, -0.1) is 0 Å². The molecule has 0 aliphatic rings. The molecule has 0 fully saturated rings. The molecule has 1 heterocycles. The van der Waals surface area contributed by atoms with E-state index in [1.165, 1.54) is 10.6 Å². The zero-order valence-corrected chi connectivity index (χ0v) is 6.00. The summed E-state index contributed by atoms with van der Waals surface area (Å²) in [6.45, 7) is 1.85. The number of hydrogen-bond donors (Lipinski definition) is 2. The van der Waals surface area contributed by atoms with Crippen LogP contribution in [0.15, 0.2) is 12.1 Å². The maximum Gasteiger partial charge on any atom is 0.408 e. The van der Waals surface area contributed by atoms with Crippen LogP contribution >= 0.6 is 0 Å². The van der Waals surface area contributed by atoms with Crippen LogP contribution in [0.1, 0.15) is 5.69 Å². The normalized spacial score (nSPS) is 9.80. The van der Waals surface area contributed by atoms with Crippen LogP contribution < -0.4 is 4.57 Å². The fourth-order valence-corrected chi connectivity index (χ4v) is 0.725. The number of hydrogen-bond acceptors (Lipinski definition) is 2. The Bertz CT molecular complexity index is 231. The molecule has 2 N–H and O–H groups in total. The van der Waals surface area contributed by atoms with Crippen LogP contribution in [-0.4, -0.2) is 10.2 Å². The fourth-order valence-electron chi connectivity index (χ4n) is 0.725. The molecule has 1 aromatic heterocycles. The van der Waals surface area contributed by atoms with E-state index in [1.54, 1.807) is 13.1 Å². The van der Waals surface area contributed by atoms with Gasteiger partial charge in [0, 0.05) is 13.0 Å². The van der Waals surface area contributed by atoms with Crippen molar-refractivity contribution in [3.05, 3.63) is 17.8 Å². The standard InChI is InChI=1S/C7H9NO2/c1-5-3-4-6(9)7(10)8(5)2/h3-4,9H,1-2H3/p+1. The molecule has 10 heavy (non-hydrogen) atoms. The molecule has 1 aromatic rings. The minimum absolute atomic E-state index is 0.0897. The number of aromatic nitrogens is 1. The topological polar surface area (TPSA) is 44.3 Å². The number of pyridine rings is 1. The predicted octanol–water partition coefficient (Wildman–Crippen LogP) is 0.231. The van der Waals surface area contributed by atoms with E-state index in [0.29, 0.717) is 0 Å². The molecule has 3 heteroatoms. The lowest BCUT2D eigenvalue weighted by Gasteiger charge is -1.96. The van der Waals surface area contributed by atoms with E-state index in [4.69, 9.17) is 10.2 Å². The largest absolute Gasteiger partial charge is 0.500 e. The van der Waals surface area contributed by atoms with Gasteiger partial charge in [-0.2, -0.15) is 4.57 Å². The van der Waals surface area contributed by atoms with Crippen molar-refractivity contribution >= 4 is 0 Å². The monoisotopic (exact) mass is 140 g/mol. The Hall–Kier alpha value is -1.25. The van der Waals surface area contributed by atoms with Gasteiger partial charge in [-0.3, -0.25) is 0 Å². The predicted molar refractivity (Wildman–Crippen MR) is 35.7 cm³/mol. The molecular weight excluding hydrogens is 130 g/mol. The van der Waals surface area contributed by atoms with Crippen LogP contribution in [0.4, 0.5) is 0 Å². The molecule has 0 saturated carbocycles. The summed E-state index contributed by atoms with van der Waals surface area (Å²) >= 11 is 0. The van der Waals surface area contributed by atoms with Gasteiger partial charge in [0.05, 0.1) is 0 Å². The summed E-state index contributed by atoms with van der Waals surface area (Å²) in [4.78, 5) is 0. The quantitative estimate of drug-likeness (QED) is 0.507. The van der Waals surface area contributed by atoms with Gasteiger partial charge in [0.2, 0.25) is 5.75 Å². The Morgan fingerprint density at radius 3 is 2.40 bits per heavy atom. The minimum Gasteiger partial charge on any atom is -0.500 e. The van der Waals surface area contributed by atoms with Crippen molar-refractivity contribution in [2.75, 3.05) is 0 Å². The average molecular weight is 140 g/mol. The first-order chi connectivity index (χ1) is 4.63. The average Bonchev–Trinajstić information content (AvgIpc) is 1.93. The second kappa shape index (κ2) is 2.17. The van der Waals surface area contributed by atoms with Crippen LogP contribution in [0.3, 0.4) is 0 Å². The van der Waals surface area contributed by atoms with E-state index in [2.05, 4.69) is 0 Å². The lowest BCUT2D eigenvalue weighted by atomic mass is 10.3. The summed E-state index contributed by atoms with van der Waals surface area (Å²) in [6.07, 6.45) is 0. The molecular formula is C7H10NO2+. The second-order valence-electron chi connectivity index (χ2n) is 2.24. The Morgan fingerprint density at radius 1 is 1.30 bits per heavy atom. The van der Waals surface area contributed by atoms with Crippen molar-refractivity contribution in [3.8, 4) is 11.6 Å². The van der Waals surface area contributed by atoms with Gasteiger partial charge in [-0.1, -0.05) is 0 Å². The van der Waals surface area contributed by atoms with Gasteiger partial charge in [0.15, 0.2) is 5.69 Å². The van der Waals surface area contributed by atoms with Crippen molar-refractivity contribution in [1.29, 1.82) is 0 Å². The minimum atomic E-state index is -0.0972. The van der Waals surface area contributed by atoms with Gasteiger partial charge in [-0.05, 0) is 6.07 Å². The molecule has 3 nitrogen and oxygen atoms in total. The molecule has 54 valence electrons. The second-order valence-corrected chi connectivity index (χ2v) is 2.24.